The molecule has 0 aromatic heterocycles. The van der Waals surface area contributed by atoms with Crippen molar-refractivity contribution < 1.29 is 14.3 Å². The second-order valence-corrected chi connectivity index (χ2v) is 8.89. The Morgan fingerprint density at radius 2 is 1.96 bits per heavy atom. The first-order valence-electron chi connectivity index (χ1n) is 8.43. The fourth-order valence-electron chi connectivity index (χ4n) is 2.65. The number of ether oxygens (including phenoxy) is 1. The molecule has 0 fully saturated rings. The first-order chi connectivity index (χ1) is 11.2. The van der Waals surface area contributed by atoms with E-state index in [4.69, 9.17) is 4.74 Å². The largest absolute Gasteiger partial charge is 0.458 e. The molecule has 1 aromatic rings. The third-order valence-corrected chi connectivity index (χ3v) is 4.97. The highest BCUT2D eigenvalue weighted by atomic mass is 32.2. The molecule has 0 unspecified atom stereocenters. The molecule has 1 N–H and O–H groups in total. The van der Waals surface area contributed by atoms with E-state index in [2.05, 4.69) is 11.4 Å². The lowest BCUT2D eigenvalue weighted by atomic mass is 10.0. The first-order valence-corrected chi connectivity index (χ1v) is 9.31. The zero-order valence-corrected chi connectivity index (χ0v) is 15.9. The number of hydrogen-bond acceptors (Lipinski definition) is 4. The molecule has 0 spiro atoms. The summed E-state index contributed by atoms with van der Waals surface area (Å²) in [6, 6.07) is 7.46. The van der Waals surface area contributed by atoms with Crippen molar-refractivity contribution in [2.75, 3.05) is 0 Å². The van der Waals surface area contributed by atoms with Gasteiger partial charge in [0.25, 0.3) is 0 Å². The summed E-state index contributed by atoms with van der Waals surface area (Å²) in [6.45, 7) is 9.57. The highest BCUT2D eigenvalue weighted by Gasteiger charge is 2.33. The Hall–Kier alpha value is -1.49. The van der Waals surface area contributed by atoms with Gasteiger partial charge in [0, 0.05) is 4.90 Å². The van der Waals surface area contributed by atoms with Crippen LogP contribution in [0.2, 0.25) is 0 Å². The average molecular weight is 349 g/mol. The van der Waals surface area contributed by atoms with Crippen LogP contribution in [-0.2, 0) is 20.7 Å². The lowest BCUT2D eigenvalue weighted by Crippen LogP contribution is -2.47. The Balaban J connectivity index is 2.01. The zero-order valence-electron chi connectivity index (χ0n) is 15.1. The van der Waals surface area contributed by atoms with E-state index in [0.29, 0.717) is 12.8 Å². The van der Waals surface area contributed by atoms with Crippen LogP contribution in [0.15, 0.2) is 29.2 Å². The third kappa shape index (κ3) is 5.26. The minimum atomic E-state index is -0.596. The molecule has 0 saturated heterocycles. The molecule has 0 saturated carbocycles. The number of nitrogens with one attached hydrogen (secondary N) is 1. The van der Waals surface area contributed by atoms with E-state index in [1.807, 2.05) is 52.8 Å². The number of hydrogen-bond donors (Lipinski definition) is 1. The van der Waals surface area contributed by atoms with Crippen molar-refractivity contribution in [2.45, 2.75) is 69.2 Å². The van der Waals surface area contributed by atoms with Crippen LogP contribution in [-0.4, -0.2) is 28.8 Å². The SMILES string of the molecule is CC(C)C[C@@H](NC(=O)[C@H]1Cc2ccccc2S1)C(=O)OC(C)(C)C. The van der Waals surface area contributed by atoms with E-state index in [1.165, 1.54) is 5.56 Å². The Labute approximate surface area is 148 Å². The monoisotopic (exact) mass is 349 g/mol. The van der Waals surface area contributed by atoms with E-state index in [-0.39, 0.29) is 23.0 Å². The highest BCUT2D eigenvalue weighted by molar-refractivity contribution is 8.01. The van der Waals surface area contributed by atoms with E-state index in [9.17, 15) is 9.59 Å². The summed E-state index contributed by atoms with van der Waals surface area (Å²) in [4.78, 5) is 26.2. The molecule has 1 amide bonds. The molecule has 1 heterocycles. The summed E-state index contributed by atoms with van der Waals surface area (Å²) < 4.78 is 5.47. The van der Waals surface area contributed by atoms with Crippen molar-refractivity contribution >= 4 is 23.6 Å². The van der Waals surface area contributed by atoms with Crippen LogP contribution >= 0.6 is 11.8 Å². The van der Waals surface area contributed by atoms with Gasteiger partial charge in [0.1, 0.15) is 11.6 Å². The minimum Gasteiger partial charge on any atom is -0.458 e. The van der Waals surface area contributed by atoms with Gasteiger partial charge in [-0.2, -0.15) is 0 Å². The average Bonchev–Trinajstić information content (AvgIpc) is 2.88. The molecule has 1 aliphatic rings. The Bertz CT molecular complexity index is 582. The Morgan fingerprint density at radius 1 is 1.29 bits per heavy atom. The summed E-state index contributed by atoms with van der Waals surface area (Å²) in [7, 11) is 0. The summed E-state index contributed by atoms with van der Waals surface area (Å²) >= 11 is 1.57. The molecule has 24 heavy (non-hydrogen) atoms. The fourth-order valence-corrected chi connectivity index (χ4v) is 3.86. The maximum Gasteiger partial charge on any atom is 0.329 e. The van der Waals surface area contributed by atoms with Crippen molar-refractivity contribution in [1.29, 1.82) is 0 Å². The van der Waals surface area contributed by atoms with E-state index in [1.54, 1.807) is 11.8 Å². The van der Waals surface area contributed by atoms with Crippen molar-refractivity contribution in [3.63, 3.8) is 0 Å². The number of carbonyl (C=O) groups excluding carboxylic acids is 2. The predicted octanol–water partition coefficient (Wildman–Crippen LogP) is 3.58. The number of fused-ring (bicyclic) bond motifs is 1. The first kappa shape index (κ1) is 18.8. The smallest absolute Gasteiger partial charge is 0.329 e. The molecule has 5 heteroatoms. The van der Waals surface area contributed by atoms with Crippen LogP contribution in [0.3, 0.4) is 0 Å². The number of carbonyl (C=O) groups is 2. The van der Waals surface area contributed by atoms with Crippen LogP contribution in [0.25, 0.3) is 0 Å². The zero-order chi connectivity index (χ0) is 17.9. The fraction of sp³-hybridized carbons (Fsp3) is 0.579. The van der Waals surface area contributed by atoms with Gasteiger partial charge in [0.05, 0.1) is 5.25 Å². The number of benzene rings is 1. The lowest BCUT2D eigenvalue weighted by Gasteiger charge is -2.26. The molecule has 0 bridgehead atoms. The molecule has 2 rings (SSSR count). The van der Waals surface area contributed by atoms with E-state index >= 15 is 0 Å². The summed E-state index contributed by atoms with van der Waals surface area (Å²) in [5, 5.41) is 2.73. The summed E-state index contributed by atoms with van der Waals surface area (Å²) in [6.07, 6.45) is 1.28. The lowest BCUT2D eigenvalue weighted by molar-refractivity contribution is -0.159. The highest BCUT2D eigenvalue weighted by Crippen LogP contribution is 2.36. The van der Waals surface area contributed by atoms with Gasteiger partial charge in [-0.3, -0.25) is 4.79 Å². The van der Waals surface area contributed by atoms with Gasteiger partial charge in [0.2, 0.25) is 5.91 Å². The van der Waals surface area contributed by atoms with Gasteiger partial charge < -0.3 is 10.1 Å². The Kier molecular flexibility index (Phi) is 5.97. The molecule has 1 aliphatic heterocycles. The molecule has 1 aromatic carbocycles. The number of thioether (sulfide) groups is 1. The molecular weight excluding hydrogens is 322 g/mol. The van der Waals surface area contributed by atoms with Gasteiger partial charge in [-0.1, -0.05) is 32.0 Å². The van der Waals surface area contributed by atoms with Crippen molar-refractivity contribution in [2.24, 2.45) is 5.92 Å². The van der Waals surface area contributed by atoms with Gasteiger partial charge in [0.15, 0.2) is 0 Å². The number of amides is 1. The van der Waals surface area contributed by atoms with Gasteiger partial charge in [-0.15, -0.1) is 11.8 Å². The van der Waals surface area contributed by atoms with Crippen molar-refractivity contribution in [3.8, 4) is 0 Å². The van der Waals surface area contributed by atoms with Gasteiger partial charge >= 0.3 is 5.97 Å². The van der Waals surface area contributed by atoms with E-state index in [0.717, 1.165) is 4.90 Å². The Morgan fingerprint density at radius 3 is 2.54 bits per heavy atom. The molecule has 2 atom stereocenters. The second-order valence-electron chi connectivity index (χ2n) is 7.64. The molecule has 0 aliphatic carbocycles. The molecule has 4 nitrogen and oxygen atoms in total. The third-order valence-electron chi connectivity index (χ3n) is 3.65. The van der Waals surface area contributed by atoms with Crippen LogP contribution in [0.4, 0.5) is 0 Å². The summed E-state index contributed by atoms with van der Waals surface area (Å²) in [5.74, 6) is -0.158. The van der Waals surface area contributed by atoms with E-state index < -0.39 is 11.6 Å². The predicted molar refractivity (Wildman–Crippen MR) is 97.0 cm³/mol. The van der Waals surface area contributed by atoms with Gasteiger partial charge in [-0.05, 0) is 51.2 Å². The van der Waals surface area contributed by atoms with Crippen molar-refractivity contribution in [3.05, 3.63) is 29.8 Å². The number of rotatable bonds is 5. The standard InChI is InChI=1S/C19H27NO3S/c1-12(2)10-14(18(22)23-19(3,4)5)20-17(21)16-11-13-8-6-7-9-15(13)24-16/h6-9,12,14,16H,10-11H2,1-5H3,(H,20,21)/t14-,16-/m1/s1. The summed E-state index contributed by atoms with van der Waals surface area (Å²) in [5.41, 5.74) is 0.635. The van der Waals surface area contributed by atoms with Gasteiger partial charge in [-0.25, -0.2) is 4.79 Å². The second kappa shape index (κ2) is 7.60. The van der Waals surface area contributed by atoms with Crippen LogP contribution in [0, 0.1) is 5.92 Å². The topological polar surface area (TPSA) is 55.4 Å². The molecular formula is C19H27NO3S. The molecule has 0 radical (unpaired) electrons. The minimum absolute atomic E-state index is 0.0901. The maximum absolute atomic E-state index is 12.6. The quantitative estimate of drug-likeness (QED) is 0.826. The normalized spacial score (nSPS) is 18.2. The maximum atomic E-state index is 12.6. The van der Waals surface area contributed by atoms with Crippen molar-refractivity contribution in [1.82, 2.24) is 5.32 Å². The number of esters is 1. The van der Waals surface area contributed by atoms with Crippen LogP contribution in [0.1, 0.15) is 46.6 Å². The van der Waals surface area contributed by atoms with Crippen LogP contribution < -0.4 is 5.32 Å². The molecule has 132 valence electrons. The van der Waals surface area contributed by atoms with Crippen LogP contribution in [0.5, 0.6) is 0 Å².